The first-order valence-corrected chi connectivity index (χ1v) is 36.1. The molecule has 84 heavy (non-hydrogen) atoms. The van der Waals surface area contributed by atoms with E-state index in [1.807, 2.05) is 21.1 Å². The van der Waals surface area contributed by atoms with E-state index in [2.05, 4.69) is 123 Å². The molecule has 0 saturated heterocycles. The Labute approximate surface area is 518 Å². The number of carbonyl (C=O) groups is 2. The van der Waals surface area contributed by atoms with Crippen molar-refractivity contribution in [2.45, 2.75) is 302 Å². The van der Waals surface area contributed by atoms with Crippen molar-refractivity contribution in [1.29, 1.82) is 0 Å². The topological polar surface area (TPSA) is 108 Å². The zero-order valence-corrected chi connectivity index (χ0v) is 56.0. The highest BCUT2D eigenvalue weighted by Gasteiger charge is 2.27. The third kappa shape index (κ3) is 67.8. The molecule has 0 aliphatic carbocycles. The van der Waals surface area contributed by atoms with Crippen LogP contribution in [0.3, 0.4) is 0 Å². The number of unbranched alkanes of at least 4 members (excludes halogenated alkanes) is 31. The number of phosphoric ester groups is 1. The van der Waals surface area contributed by atoms with Gasteiger partial charge in [0, 0.05) is 12.8 Å². The number of carbonyl (C=O) groups excluding carboxylic acids is 2. The Hall–Kier alpha value is -3.33. The molecule has 484 valence electrons. The predicted octanol–water partition coefficient (Wildman–Crippen LogP) is 22.5. The summed E-state index contributed by atoms with van der Waals surface area (Å²) in [5.74, 6) is -0.793. The van der Waals surface area contributed by atoms with Crippen molar-refractivity contribution in [3.63, 3.8) is 0 Å². The maximum Gasteiger partial charge on any atom is 0.472 e. The summed E-state index contributed by atoms with van der Waals surface area (Å²) in [6.45, 7) is 4.23. The van der Waals surface area contributed by atoms with Gasteiger partial charge in [-0.25, -0.2) is 4.57 Å². The number of nitrogens with zero attached hydrogens (tertiary/aromatic N) is 1. The summed E-state index contributed by atoms with van der Waals surface area (Å²) in [5.41, 5.74) is 0. The molecule has 2 unspecified atom stereocenters. The molecule has 0 amide bonds. The lowest BCUT2D eigenvalue weighted by Crippen LogP contribution is -2.37. The van der Waals surface area contributed by atoms with Gasteiger partial charge >= 0.3 is 19.8 Å². The molecule has 0 aromatic rings. The summed E-state index contributed by atoms with van der Waals surface area (Å²) >= 11 is 0. The van der Waals surface area contributed by atoms with Crippen molar-refractivity contribution < 1.29 is 42.1 Å². The largest absolute Gasteiger partial charge is 0.472 e. The Balaban J connectivity index is 4.03. The molecule has 0 heterocycles. The van der Waals surface area contributed by atoms with Crippen LogP contribution in [0.4, 0.5) is 0 Å². The molecule has 0 aliphatic rings. The second-order valence-corrected chi connectivity index (χ2v) is 25.6. The molecule has 0 aromatic heterocycles. The minimum absolute atomic E-state index is 0.0289. The molecule has 0 aromatic carbocycles. The molecule has 0 aliphatic heterocycles. The van der Waals surface area contributed by atoms with E-state index in [0.29, 0.717) is 17.4 Å². The van der Waals surface area contributed by atoms with Crippen molar-refractivity contribution in [2.24, 2.45) is 0 Å². The van der Waals surface area contributed by atoms with E-state index < -0.39 is 26.5 Å². The number of allylic oxidation sites excluding steroid dienone is 18. The van der Waals surface area contributed by atoms with Gasteiger partial charge in [0.15, 0.2) is 6.10 Å². The Morgan fingerprint density at radius 1 is 0.369 bits per heavy atom. The van der Waals surface area contributed by atoms with Gasteiger partial charge in [-0.2, -0.15) is 0 Å². The number of likely N-dealkylation sites (N-methyl/N-ethyl adjacent to an activating group) is 1. The van der Waals surface area contributed by atoms with Gasteiger partial charge in [0.25, 0.3) is 0 Å². The molecule has 0 radical (unpaired) electrons. The third-order valence-corrected chi connectivity index (χ3v) is 15.8. The molecule has 0 rings (SSSR count). The van der Waals surface area contributed by atoms with E-state index in [4.69, 9.17) is 18.5 Å². The van der Waals surface area contributed by atoms with Crippen LogP contribution in [0.2, 0.25) is 0 Å². The lowest BCUT2D eigenvalue weighted by Gasteiger charge is -2.24. The maximum atomic E-state index is 12.9. The van der Waals surface area contributed by atoms with Crippen molar-refractivity contribution in [3.8, 4) is 0 Å². The number of hydrogen-bond acceptors (Lipinski definition) is 7. The molecule has 10 heteroatoms. The monoisotopic (exact) mass is 1190 g/mol. The standard InChI is InChI=1S/C74H130NO8P/c1-6-8-10-12-14-16-18-20-22-24-26-28-30-32-33-34-35-36-37-38-39-40-41-43-45-47-49-51-53-55-57-59-61-63-65-67-74(77)83-72(71-82-84(78,79)81-69-68-75(3,4)5)70-80-73(76)66-64-62-60-58-56-54-52-50-48-46-44-42-31-29-27-25-23-21-19-17-15-13-11-9-7-2/h8-11,14-17,20-23,26-29,32-33,72H,6-7,12-13,18-19,24-25,30-31,34-71H2,1-5H3/p+1/b10-8-,11-9-,16-14-,17-15-,22-20-,23-21-,28-26-,29-27-,33-32-. The molecular formula is C74H131NO8P+. The Morgan fingerprint density at radius 2 is 0.643 bits per heavy atom. The van der Waals surface area contributed by atoms with Crippen LogP contribution < -0.4 is 0 Å². The van der Waals surface area contributed by atoms with E-state index in [0.717, 1.165) is 89.9 Å². The first kappa shape index (κ1) is 80.7. The van der Waals surface area contributed by atoms with Crippen LogP contribution in [0.15, 0.2) is 109 Å². The second-order valence-electron chi connectivity index (χ2n) is 24.2. The molecule has 1 N–H and O–H groups in total. The van der Waals surface area contributed by atoms with Crippen LogP contribution in [0.25, 0.3) is 0 Å². The first-order chi connectivity index (χ1) is 41.0. The number of quaternary nitrogens is 1. The highest BCUT2D eigenvalue weighted by Crippen LogP contribution is 2.43. The van der Waals surface area contributed by atoms with Gasteiger partial charge in [-0.1, -0.05) is 297 Å². The zero-order chi connectivity index (χ0) is 61.2. The Bertz CT molecular complexity index is 1790. The lowest BCUT2D eigenvalue weighted by molar-refractivity contribution is -0.870. The van der Waals surface area contributed by atoms with Crippen LogP contribution >= 0.6 is 7.82 Å². The fourth-order valence-corrected chi connectivity index (χ4v) is 10.3. The van der Waals surface area contributed by atoms with Crippen LogP contribution in [0.5, 0.6) is 0 Å². The van der Waals surface area contributed by atoms with Crippen molar-refractivity contribution in [1.82, 2.24) is 0 Å². The maximum absolute atomic E-state index is 12.9. The zero-order valence-electron chi connectivity index (χ0n) is 55.1. The van der Waals surface area contributed by atoms with Gasteiger partial charge < -0.3 is 18.9 Å². The highest BCUT2D eigenvalue weighted by molar-refractivity contribution is 7.47. The van der Waals surface area contributed by atoms with E-state index in [1.54, 1.807) is 0 Å². The number of ether oxygens (including phenoxy) is 2. The summed E-state index contributed by atoms with van der Waals surface area (Å²) in [7, 11) is 1.48. The van der Waals surface area contributed by atoms with Gasteiger partial charge in [-0.05, 0) is 96.3 Å². The minimum atomic E-state index is -4.40. The van der Waals surface area contributed by atoms with Crippen molar-refractivity contribution in [3.05, 3.63) is 109 Å². The lowest BCUT2D eigenvalue weighted by atomic mass is 10.0. The quantitative estimate of drug-likeness (QED) is 0.0211. The molecule has 0 bridgehead atoms. The number of hydrogen-bond donors (Lipinski definition) is 1. The highest BCUT2D eigenvalue weighted by atomic mass is 31.2. The fourth-order valence-electron chi connectivity index (χ4n) is 9.57. The average Bonchev–Trinajstić information content (AvgIpc) is 3.61. The summed E-state index contributed by atoms with van der Waals surface area (Å²) in [6.07, 6.45) is 90.5. The molecule has 0 spiro atoms. The van der Waals surface area contributed by atoms with E-state index in [-0.39, 0.29) is 32.0 Å². The Kier molecular flexibility index (Phi) is 61.6. The smallest absolute Gasteiger partial charge is 0.462 e. The molecule has 9 nitrogen and oxygen atoms in total. The van der Waals surface area contributed by atoms with Gasteiger partial charge in [-0.15, -0.1) is 0 Å². The van der Waals surface area contributed by atoms with Crippen molar-refractivity contribution >= 4 is 19.8 Å². The summed E-state index contributed by atoms with van der Waals surface area (Å²) < 4.78 is 34.7. The number of rotatable bonds is 63. The fraction of sp³-hybridized carbons (Fsp3) is 0.730. The molecule has 0 fully saturated rings. The van der Waals surface area contributed by atoms with Crippen LogP contribution in [0.1, 0.15) is 296 Å². The van der Waals surface area contributed by atoms with Gasteiger partial charge in [0.2, 0.25) is 0 Å². The minimum Gasteiger partial charge on any atom is -0.462 e. The third-order valence-electron chi connectivity index (χ3n) is 14.8. The summed E-state index contributed by atoms with van der Waals surface area (Å²) in [5, 5.41) is 0. The first-order valence-electron chi connectivity index (χ1n) is 34.6. The van der Waals surface area contributed by atoms with Gasteiger partial charge in [0.05, 0.1) is 27.7 Å². The van der Waals surface area contributed by atoms with E-state index >= 15 is 0 Å². The normalized spacial score (nSPS) is 13.8. The SMILES string of the molecule is CC/C=C\C/C=C\C/C=C\C/C=C\C/C=C\CCCCCCCCCCCCCCCCCCCCCC(=O)OC(COC(=O)CCCCCCCCCCCCCC/C=C\C/C=C\C/C=C\C/C=C\CC)COP(=O)(O)OCC[N+](C)(C)C. The van der Waals surface area contributed by atoms with Crippen LogP contribution in [0, 0.1) is 0 Å². The van der Waals surface area contributed by atoms with Gasteiger partial charge in [0.1, 0.15) is 19.8 Å². The van der Waals surface area contributed by atoms with Crippen LogP contribution in [-0.4, -0.2) is 74.9 Å². The molecule has 0 saturated carbocycles. The summed E-state index contributed by atoms with van der Waals surface area (Å²) in [6, 6.07) is 0. The van der Waals surface area contributed by atoms with Crippen LogP contribution in [-0.2, 0) is 32.7 Å². The number of phosphoric acid groups is 1. The number of esters is 2. The predicted molar refractivity (Wildman–Crippen MR) is 362 cm³/mol. The second kappa shape index (κ2) is 64.2. The average molecular weight is 1190 g/mol. The summed E-state index contributed by atoms with van der Waals surface area (Å²) in [4.78, 5) is 35.9. The van der Waals surface area contributed by atoms with Gasteiger partial charge in [-0.3, -0.25) is 18.6 Å². The van der Waals surface area contributed by atoms with E-state index in [1.165, 1.54) is 173 Å². The van der Waals surface area contributed by atoms with Crippen molar-refractivity contribution in [2.75, 3.05) is 47.5 Å². The molecule has 2 atom stereocenters. The Morgan fingerprint density at radius 3 is 0.952 bits per heavy atom. The van der Waals surface area contributed by atoms with E-state index in [9.17, 15) is 19.0 Å². The molecular weight excluding hydrogens is 1060 g/mol.